The molecule has 0 saturated heterocycles. The molecule has 0 amide bonds. The van der Waals surface area contributed by atoms with Crippen molar-refractivity contribution < 1.29 is 4.42 Å². The van der Waals surface area contributed by atoms with Crippen LogP contribution in [0.2, 0.25) is 0 Å². The lowest BCUT2D eigenvalue weighted by atomic mass is 9.94. The van der Waals surface area contributed by atoms with Gasteiger partial charge < -0.3 is 4.42 Å². The minimum absolute atomic E-state index is 0.587. The van der Waals surface area contributed by atoms with Crippen molar-refractivity contribution in [2.45, 2.75) is 0 Å². The quantitative estimate of drug-likeness (QED) is 0.186. The SMILES string of the molecule is c1ccc(-c2ccc3cc(-c4cc(-c5nc(-c6ccccc6)nc(-c6ccc7ccccc7c6)n5)cc5oc6ccccc6c45)ccc3c2)cc1. The maximum atomic E-state index is 6.54. The first-order valence-electron chi connectivity index (χ1n) is 17.1. The van der Waals surface area contributed by atoms with Gasteiger partial charge in [-0.15, -0.1) is 0 Å². The third-order valence-corrected chi connectivity index (χ3v) is 9.67. The molecule has 0 spiro atoms. The van der Waals surface area contributed by atoms with Crippen LogP contribution in [0.1, 0.15) is 0 Å². The molecule has 10 rings (SSSR count). The highest BCUT2D eigenvalue weighted by atomic mass is 16.3. The second-order valence-electron chi connectivity index (χ2n) is 12.9. The van der Waals surface area contributed by atoms with E-state index in [9.17, 15) is 0 Å². The van der Waals surface area contributed by atoms with Crippen LogP contribution in [-0.2, 0) is 0 Å². The Labute approximate surface area is 294 Å². The van der Waals surface area contributed by atoms with Crippen LogP contribution in [0.5, 0.6) is 0 Å². The van der Waals surface area contributed by atoms with E-state index >= 15 is 0 Å². The second-order valence-corrected chi connectivity index (χ2v) is 12.9. The van der Waals surface area contributed by atoms with Crippen molar-refractivity contribution in [3.05, 3.63) is 176 Å². The normalized spacial score (nSPS) is 11.5. The summed E-state index contributed by atoms with van der Waals surface area (Å²) < 4.78 is 6.54. The molecule has 0 aliphatic heterocycles. The van der Waals surface area contributed by atoms with Crippen LogP contribution < -0.4 is 0 Å². The highest BCUT2D eigenvalue weighted by Crippen LogP contribution is 2.41. The van der Waals surface area contributed by atoms with Crippen molar-refractivity contribution in [3.8, 4) is 56.4 Å². The molecule has 4 heteroatoms. The van der Waals surface area contributed by atoms with Gasteiger partial charge in [0.05, 0.1) is 0 Å². The number of hydrogen-bond acceptors (Lipinski definition) is 4. The summed E-state index contributed by atoms with van der Waals surface area (Å²) in [5.74, 6) is 1.83. The first kappa shape index (κ1) is 29.0. The average Bonchev–Trinajstić information content (AvgIpc) is 3.59. The molecule has 0 fully saturated rings. The third kappa shape index (κ3) is 5.22. The van der Waals surface area contributed by atoms with Gasteiger partial charge in [-0.2, -0.15) is 0 Å². The van der Waals surface area contributed by atoms with Gasteiger partial charge in [0.2, 0.25) is 0 Å². The number of furan rings is 1. The van der Waals surface area contributed by atoms with Gasteiger partial charge in [0, 0.05) is 27.5 Å². The molecule has 0 N–H and O–H groups in total. The Bertz CT molecular complexity index is 2910. The van der Waals surface area contributed by atoms with E-state index in [1.165, 1.54) is 27.3 Å². The van der Waals surface area contributed by atoms with Crippen molar-refractivity contribution in [1.82, 2.24) is 15.0 Å². The largest absolute Gasteiger partial charge is 0.456 e. The smallest absolute Gasteiger partial charge is 0.164 e. The Morgan fingerprint density at radius 2 is 0.843 bits per heavy atom. The molecule has 0 unspecified atom stereocenters. The standard InChI is InChI=1S/C47H29N3O/c1-3-11-30(12-4-1)34-20-21-36-26-37(23-22-35(36)25-34)41-28-39(29-43-44(41)40-17-9-10-18-42(40)51-43)47-49-45(32-14-5-2-6-15-32)48-46(50-47)38-24-19-31-13-7-8-16-33(31)27-38/h1-29H. The fraction of sp³-hybridized carbons (Fsp3) is 0. The van der Waals surface area contributed by atoms with Gasteiger partial charge in [0.25, 0.3) is 0 Å². The van der Waals surface area contributed by atoms with Crippen molar-refractivity contribution in [1.29, 1.82) is 0 Å². The zero-order chi connectivity index (χ0) is 33.7. The molecule has 0 aliphatic carbocycles. The van der Waals surface area contributed by atoms with Gasteiger partial charge in [0.15, 0.2) is 17.5 Å². The number of benzene rings is 8. The summed E-state index contributed by atoms with van der Waals surface area (Å²) in [6.07, 6.45) is 0. The number of fused-ring (bicyclic) bond motifs is 5. The Morgan fingerprint density at radius 1 is 0.314 bits per heavy atom. The van der Waals surface area contributed by atoms with Crippen LogP contribution in [0.25, 0.3) is 99.9 Å². The van der Waals surface area contributed by atoms with E-state index in [2.05, 4.69) is 133 Å². The topological polar surface area (TPSA) is 51.8 Å². The summed E-state index contributed by atoms with van der Waals surface area (Å²) in [5.41, 5.74) is 8.93. The predicted octanol–water partition coefficient (Wildman–Crippen LogP) is 12.4. The summed E-state index contributed by atoms with van der Waals surface area (Å²) in [5, 5.41) is 6.81. The number of aromatic nitrogens is 3. The summed E-state index contributed by atoms with van der Waals surface area (Å²) in [6.45, 7) is 0. The predicted molar refractivity (Wildman–Crippen MR) is 209 cm³/mol. The molecule has 4 nitrogen and oxygen atoms in total. The first-order valence-corrected chi connectivity index (χ1v) is 17.1. The van der Waals surface area contributed by atoms with Gasteiger partial charge in [-0.1, -0.05) is 140 Å². The molecule has 8 aromatic carbocycles. The molecule has 51 heavy (non-hydrogen) atoms. The highest BCUT2D eigenvalue weighted by Gasteiger charge is 2.19. The van der Waals surface area contributed by atoms with E-state index < -0.39 is 0 Å². The van der Waals surface area contributed by atoms with Gasteiger partial charge in [-0.25, -0.2) is 15.0 Å². The molecule has 0 aliphatic rings. The van der Waals surface area contributed by atoms with Crippen molar-refractivity contribution >= 4 is 43.5 Å². The van der Waals surface area contributed by atoms with Crippen LogP contribution in [0.3, 0.4) is 0 Å². The van der Waals surface area contributed by atoms with Crippen LogP contribution in [0.15, 0.2) is 180 Å². The Morgan fingerprint density at radius 3 is 1.63 bits per heavy atom. The average molecular weight is 652 g/mol. The molecule has 2 aromatic heterocycles. The zero-order valence-corrected chi connectivity index (χ0v) is 27.5. The second kappa shape index (κ2) is 11.9. The summed E-state index contributed by atoms with van der Waals surface area (Å²) in [6, 6.07) is 61.2. The first-order chi connectivity index (χ1) is 25.2. The molecule has 2 heterocycles. The van der Waals surface area contributed by atoms with E-state index in [0.29, 0.717) is 17.5 Å². The number of rotatable bonds is 5. The number of nitrogens with zero attached hydrogens (tertiary/aromatic N) is 3. The van der Waals surface area contributed by atoms with Crippen LogP contribution in [0, 0.1) is 0 Å². The van der Waals surface area contributed by atoms with Crippen molar-refractivity contribution in [3.63, 3.8) is 0 Å². The van der Waals surface area contributed by atoms with Gasteiger partial charge in [0.1, 0.15) is 11.2 Å². The summed E-state index contributed by atoms with van der Waals surface area (Å²) in [4.78, 5) is 15.2. The molecular weight excluding hydrogens is 623 g/mol. The van der Waals surface area contributed by atoms with Crippen molar-refractivity contribution in [2.75, 3.05) is 0 Å². The van der Waals surface area contributed by atoms with E-state index in [0.717, 1.165) is 55.1 Å². The fourth-order valence-electron chi connectivity index (χ4n) is 7.11. The lowest BCUT2D eigenvalue weighted by Crippen LogP contribution is -2.00. The van der Waals surface area contributed by atoms with Crippen LogP contribution in [0.4, 0.5) is 0 Å². The lowest BCUT2D eigenvalue weighted by Gasteiger charge is -2.12. The van der Waals surface area contributed by atoms with Gasteiger partial charge >= 0.3 is 0 Å². The van der Waals surface area contributed by atoms with Crippen molar-refractivity contribution in [2.24, 2.45) is 0 Å². The molecule has 0 atom stereocenters. The van der Waals surface area contributed by atoms with Crippen LogP contribution >= 0.6 is 0 Å². The Kier molecular flexibility index (Phi) is 6.78. The number of para-hydroxylation sites is 1. The fourth-order valence-corrected chi connectivity index (χ4v) is 7.11. The number of hydrogen-bond donors (Lipinski definition) is 0. The Hall–Kier alpha value is -6.91. The minimum atomic E-state index is 0.587. The van der Waals surface area contributed by atoms with Crippen LogP contribution in [-0.4, -0.2) is 15.0 Å². The third-order valence-electron chi connectivity index (χ3n) is 9.67. The summed E-state index contributed by atoms with van der Waals surface area (Å²) >= 11 is 0. The molecule has 0 saturated carbocycles. The zero-order valence-electron chi connectivity index (χ0n) is 27.5. The Balaban J connectivity index is 1.18. The molecular formula is C47H29N3O. The molecule has 0 radical (unpaired) electrons. The molecule has 0 bridgehead atoms. The van der Waals surface area contributed by atoms with E-state index in [4.69, 9.17) is 19.4 Å². The molecule has 238 valence electrons. The van der Waals surface area contributed by atoms with E-state index in [-0.39, 0.29) is 0 Å². The summed E-state index contributed by atoms with van der Waals surface area (Å²) in [7, 11) is 0. The van der Waals surface area contributed by atoms with Gasteiger partial charge in [-0.05, 0) is 80.2 Å². The monoisotopic (exact) mass is 651 g/mol. The maximum absolute atomic E-state index is 6.54. The van der Waals surface area contributed by atoms with E-state index in [1.54, 1.807) is 0 Å². The minimum Gasteiger partial charge on any atom is -0.456 e. The maximum Gasteiger partial charge on any atom is 0.164 e. The van der Waals surface area contributed by atoms with E-state index in [1.807, 2.05) is 42.5 Å². The lowest BCUT2D eigenvalue weighted by molar-refractivity contribution is 0.669. The highest BCUT2D eigenvalue weighted by molar-refractivity contribution is 6.14. The van der Waals surface area contributed by atoms with Gasteiger partial charge in [-0.3, -0.25) is 0 Å². The molecule has 10 aromatic rings.